The molecule has 5 heteroatoms. The van der Waals surface area contributed by atoms with Gasteiger partial charge in [-0.2, -0.15) is 0 Å². The number of rotatable bonds is 5. The fourth-order valence-electron chi connectivity index (χ4n) is 2.81. The molecule has 1 N–H and O–H groups in total. The van der Waals surface area contributed by atoms with E-state index in [-0.39, 0.29) is 11.5 Å². The standard InChI is InChI=1S/C21H18N2O3/c1-14-7-3-4-8-17(14)21(24)16-11-12-18(15(2)13-16)22-19-9-5-6-10-20(19)23(25)26/h3-13,22H,1-2H3. The minimum atomic E-state index is -0.423. The van der Waals surface area contributed by atoms with Gasteiger partial charge in [0.15, 0.2) is 5.78 Å². The van der Waals surface area contributed by atoms with Crippen LogP contribution in [0.4, 0.5) is 17.1 Å². The highest BCUT2D eigenvalue weighted by Crippen LogP contribution is 2.29. The Morgan fingerprint density at radius 3 is 2.27 bits per heavy atom. The van der Waals surface area contributed by atoms with Crippen LogP contribution in [-0.2, 0) is 0 Å². The zero-order valence-corrected chi connectivity index (χ0v) is 14.5. The van der Waals surface area contributed by atoms with Crippen molar-refractivity contribution in [2.45, 2.75) is 13.8 Å². The highest BCUT2D eigenvalue weighted by atomic mass is 16.6. The number of nitro benzene ring substituents is 1. The zero-order valence-electron chi connectivity index (χ0n) is 14.5. The van der Waals surface area contributed by atoms with Crippen molar-refractivity contribution in [3.05, 3.63) is 99.1 Å². The number of hydrogen-bond acceptors (Lipinski definition) is 4. The molecule has 0 aliphatic carbocycles. The fraction of sp³-hybridized carbons (Fsp3) is 0.0952. The number of nitro groups is 1. The molecule has 3 rings (SSSR count). The number of carbonyl (C=O) groups is 1. The quantitative estimate of drug-likeness (QED) is 0.392. The van der Waals surface area contributed by atoms with E-state index in [2.05, 4.69) is 5.32 Å². The molecule has 3 aromatic rings. The lowest BCUT2D eigenvalue weighted by atomic mass is 9.97. The molecule has 0 amide bonds. The van der Waals surface area contributed by atoms with E-state index >= 15 is 0 Å². The average molecular weight is 346 g/mol. The van der Waals surface area contributed by atoms with Gasteiger partial charge in [0, 0.05) is 22.9 Å². The highest BCUT2D eigenvalue weighted by Gasteiger charge is 2.15. The molecule has 26 heavy (non-hydrogen) atoms. The summed E-state index contributed by atoms with van der Waals surface area (Å²) < 4.78 is 0. The van der Waals surface area contributed by atoms with Gasteiger partial charge in [-0.3, -0.25) is 14.9 Å². The second-order valence-electron chi connectivity index (χ2n) is 6.07. The molecular weight excluding hydrogens is 328 g/mol. The van der Waals surface area contributed by atoms with Crippen molar-refractivity contribution in [1.82, 2.24) is 0 Å². The smallest absolute Gasteiger partial charge is 0.292 e. The second kappa shape index (κ2) is 7.19. The first-order chi connectivity index (χ1) is 12.5. The molecule has 0 fully saturated rings. The highest BCUT2D eigenvalue weighted by molar-refractivity contribution is 6.10. The van der Waals surface area contributed by atoms with Crippen molar-refractivity contribution in [1.29, 1.82) is 0 Å². The van der Waals surface area contributed by atoms with E-state index in [4.69, 9.17) is 0 Å². The number of para-hydroxylation sites is 2. The van der Waals surface area contributed by atoms with Crippen molar-refractivity contribution in [3.8, 4) is 0 Å². The van der Waals surface area contributed by atoms with Crippen LogP contribution in [0.25, 0.3) is 0 Å². The molecule has 0 atom stereocenters. The molecule has 0 saturated heterocycles. The third-order valence-corrected chi connectivity index (χ3v) is 4.25. The number of ketones is 1. The van der Waals surface area contributed by atoms with Crippen molar-refractivity contribution in [2.75, 3.05) is 5.32 Å². The van der Waals surface area contributed by atoms with Crippen LogP contribution in [-0.4, -0.2) is 10.7 Å². The monoisotopic (exact) mass is 346 g/mol. The largest absolute Gasteiger partial charge is 0.350 e. The fourth-order valence-corrected chi connectivity index (χ4v) is 2.81. The Morgan fingerprint density at radius 1 is 0.885 bits per heavy atom. The molecule has 0 aliphatic rings. The van der Waals surface area contributed by atoms with Gasteiger partial charge in [0.2, 0.25) is 0 Å². The van der Waals surface area contributed by atoms with Gasteiger partial charge < -0.3 is 5.32 Å². The first-order valence-electron chi connectivity index (χ1n) is 8.19. The Balaban J connectivity index is 1.91. The molecule has 0 saturated carbocycles. The molecule has 0 unspecified atom stereocenters. The predicted octanol–water partition coefficient (Wildman–Crippen LogP) is 5.19. The van der Waals surface area contributed by atoms with Gasteiger partial charge in [0.1, 0.15) is 5.69 Å². The van der Waals surface area contributed by atoms with Crippen LogP contribution in [0.15, 0.2) is 66.7 Å². The number of benzene rings is 3. The number of nitrogens with zero attached hydrogens (tertiary/aromatic N) is 1. The summed E-state index contributed by atoms with van der Waals surface area (Å²) in [6, 6.07) is 19.2. The maximum absolute atomic E-state index is 12.7. The topological polar surface area (TPSA) is 72.2 Å². The Bertz CT molecular complexity index is 996. The summed E-state index contributed by atoms with van der Waals surface area (Å²) in [5.41, 5.74) is 4.17. The van der Waals surface area contributed by atoms with Crippen molar-refractivity contribution in [2.24, 2.45) is 0 Å². The number of aryl methyl sites for hydroxylation is 2. The van der Waals surface area contributed by atoms with E-state index in [1.54, 1.807) is 36.4 Å². The molecular formula is C21H18N2O3. The van der Waals surface area contributed by atoms with Crippen LogP contribution in [0.1, 0.15) is 27.0 Å². The maximum atomic E-state index is 12.7. The van der Waals surface area contributed by atoms with E-state index in [9.17, 15) is 14.9 Å². The third kappa shape index (κ3) is 3.47. The van der Waals surface area contributed by atoms with E-state index < -0.39 is 4.92 Å². The molecule has 0 spiro atoms. The van der Waals surface area contributed by atoms with Crippen LogP contribution in [0, 0.1) is 24.0 Å². The number of carbonyl (C=O) groups excluding carboxylic acids is 1. The lowest BCUT2D eigenvalue weighted by Crippen LogP contribution is -2.05. The Hall–Kier alpha value is -3.47. The van der Waals surface area contributed by atoms with Gasteiger partial charge in [-0.25, -0.2) is 0 Å². The van der Waals surface area contributed by atoms with Gasteiger partial charge in [-0.1, -0.05) is 36.4 Å². The third-order valence-electron chi connectivity index (χ3n) is 4.25. The van der Waals surface area contributed by atoms with E-state index in [1.807, 2.05) is 38.1 Å². The van der Waals surface area contributed by atoms with Crippen LogP contribution in [0.3, 0.4) is 0 Å². The van der Waals surface area contributed by atoms with Crippen LogP contribution < -0.4 is 5.32 Å². The van der Waals surface area contributed by atoms with E-state index in [0.29, 0.717) is 16.8 Å². The molecule has 3 aromatic carbocycles. The SMILES string of the molecule is Cc1cc(C(=O)c2ccccc2C)ccc1Nc1ccccc1[N+](=O)[O-]. The van der Waals surface area contributed by atoms with E-state index in [0.717, 1.165) is 16.8 Å². The molecule has 0 heterocycles. The van der Waals surface area contributed by atoms with Crippen molar-refractivity contribution >= 4 is 22.8 Å². The van der Waals surface area contributed by atoms with Gasteiger partial charge in [0.25, 0.3) is 5.69 Å². The Morgan fingerprint density at radius 2 is 1.58 bits per heavy atom. The first-order valence-corrected chi connectivity index (χ1v) is 8.19. The normalized spacial score (nSPS) is 10.4. The average Bonchev–Trinajstić information content (AvgIpc) is 2.63. The summed E-state index contributed by atoms with van der Waals surface area (Å²) in [7, 11) is 0. The van der Waals surface area contributed by atoms with Crippen LogP contribution in [0.5, 0.6) is 0 Å². The molecule has 0 aromatic heterocycles. The number of nitrogens with one attached hydrogen (secondary N) is 1. The second-order valence-corrected chi connectivity index (χ2v) is 6.07. The van der Waals surface area contributed by atoms with Crippen LogP contribution >= 0.6 is 0 Å². The summed E-state index contributed by atoms with van der Waals surface area (Å²) in [5, 5.41) is 14.2. The molecule has 0 bridgehead atoms. The first kappa shape index (κ1) is 17.4. The van der Waals surface area contributed by atoms with Crippen molar-refractivity contribution < 1.29 is 9.72 Å². The molecule has 5 nitrogen and oxygen atoms in total. The predicted molar refractivity (Wildman–Crippen MR) is 102 cm³/mol. The maximum Gasteiger partial charge on any atom is 0.292 e. The lowest BCUT2D eigenvalue weighted by Gasteiger charge is -2.12. The molecule has 130 valence electrons. The van der Waals surface area contributed by atoms with Gasteiger partial charge >= 0.3 is 0 Å². The van der Waals surface area contributed by atoms with Gasteiger partial charge in [-0.15, -0.1) is 0 Å². The summed E-state index contributed by atoms with van der Waals surface area (Å²) in [6.07, 6.45) is 0. The Labute approximate surface area is 151 Å². The minimum Gasteiger partial charge on any atom is -0.350 e. The number of hydrogen-bond donors (Lipinski definition) is 1. The van der Waals surface area contributed by atoms with Crippen LogP contribution in [0.2, 0.25) is 0 Å². The Kier molecular flexibility index (Phi) is 4.80. The summed E-state index contributed by atoms with van der Waals surface area (Å²) in [6.45, 7) is 3.77. The van der Waals surface area contributed by atoms with Gasteiger partial charge in [-0.05, 0) is 49.2 Å². The van der Waals surface area contributed by atoms with Crippen molar-refractivity contribution in [3.63, 3.8) is 0 Å². The summed E-state index contributed by atoms with van der Waals surface area (Å²) >= 11 is 0. The molecule has 0 aliphatic heterocycles. The summed E-state index contributed by atoms with van der Waals surface area (Å²) in [4.78, 5) is 23.4. The van der Waals surface area contributed by atoms with E-state index in [1.165, 1.54) is 6.07 Å². The number of anilines is 2. The van der Waals surface area contributed by atoms with Gasteiger partial charge in [0.05, 0.1) is 4.92 Å². The summed E-state index contributed by atoms with van der Waals surface area (Å²) in [5.74, 6) is -0.0385. The lowest BCUT2D eigenvalue weighted by molar-refractivity contribution is -0.383. The molecule has 0 radical (unpaired) electrons. The zero-order chi connectivity index (χ0) is 18.7. The minimum absolute atomic E-state index is 0.00645.